The molecule has 1 atom stereocenters. The molecule has 26 heavy (non-hydrogen) atoms. The third-order valence-electron chi connectivity index (χ3n) is 4.62. The summed E-state index contributed by atoms with van der Waals surface area (Å²) < 4.78 is 13.6. The van der Waals surface area contributed by atoms with Gasteiger partial charge in [-0.05, 0) is 55.7 Å². The quantitative estimate of drug-likeness (QED) is 0.771. The molecule has 3 nitrogen and oxygen atoms in total. The predicted molar refractivity (Wildman–Crippen MR) is 102 cm³/mol. The largest absolute Gasteiger partial charge is 0.349 e. The van der Waals surface area contributed by atoms with E-state index in [1.807, 2.05) is 32.0 Å². The zero-order valence-electron chi connectivity index (χ0n) is 15.0. The molecule has 2 aromatic rings. The molecule has 0 aliphatic carbocycles. The SMILES string of the molecule is Cc1ccc(C)c(C(=O)CCC(=O)NC2CCSc3ccc(F)cc32)c1. The number of nitrogens with one attached hydrogen (secondary N) is 1. The highest BCUT2D eigenvalue weighted by Gasteiger charge is 2.23. The Labute approximate surface area is 157 Å². The minimum Gasteiger partial charge on any atom is -0.349 e. The maximum absolute atomic E-state index is 13.6. The first-order chi connectivity index (χ1) is 12.4. The summed E-state index contributed by atoms with van der Waals surface area (Å²) in [6.07, 6.45) is 1.08. The molecule has 1 unspecified atom stereocenters. The molecule has 0 spiro atoms. The highest BCUT2D eigenvalue weighted by molar-refractivity contribution is 7.99. The van der Waals surface area contributed by atoms with E-state index in [1.54, 1.807) is 17.8 Å². The summed E-state index contributed by atoms with van der Waals surface area (Å²) in [5.41, 5.74) is 3.46. The number of halogens is 1. The lowest BCUT2D eigenvalue weighted by Gasteiger charge is -2.26. The molecule has 3 rings (SSSR count). The van der Waals surface area contributed by atoms with Crippen LogP contribution in [0.2, 0.25) is 0 Å². The Morgan fingerprint density at radius 3 is 2.77 bits per heavy atom. The van der Waals surface area contributed by atoms with Gasteiger partial charge in [-0.1, -0.05) is 17.7 Å². The van der Waals surface area contributed by atoms with E-state index < -0.39 is 0 Å². The number of hydrogen-bond acceptors (Lipinski definition) is 3. The first-order valence-electron chi connectivity index (χ1n) is 8.76. The van der Waals surface area contributed by atoms with Crippen molar-refractivity contribution in [3.63, 3.8) is 0 Å². The van der Waals surface area contributed by atoms with Crippen molar-refractivity contribution in [2.45, 2.75) is 44.0 Å². The Bertz CT molecular complexity index is 850. The van der Waals surface area contributed by atoms with Crippen molar-refractivity contribution in [1.29, 1.82) is 0 Å². The smallest absolute Gasteiger partial charge is 0.220 e. The van der Waals surface area contributed by atoms with E-state index in [2.05, 4.69) is 5.32 Å². The van der Waals surface area contributed by atoms with Gasteiger partial charge in [0.2, 0.25) is 5.91 Å². The van der Waals surface area contributed by atoms with Crippen molar-refractivity contribution < 1.29 is 14.0 Å². The van der Waals surface area contributed by atoms with Gasteiger partial charge in [0.1, 0.15) is 5.82 Å². The van der Waals surface area contributed by atoms with Crippen LogP contribution in [-0.4, -0.2) is 17.4 Å². The minimum absolute atomic E-state index is 0.0213. The van der Waals surface area contributed by atoms with Gasteiger partial charge in [0.15, 0.2) is 5.78 Å². The van der Waals surface area contributed by atoms with Crippen LogP contribution < -0.4 is 5.32 Å². The first-order valence-corrected chi connectivity index (χ1v) is 9.74. The number of thioether (sulfide) groups is 1. The number of benzene rings is 2. The second kappa shape index (κ2) is 8.04. The van der Waals surface area contributed by atoms with Crippen LogP contribution in [-0.2, 0) is 4.79 Å². The summed E-state index contributed by atoms with van der Waals surface area (Å²) in [6.45, 7) is 3.85. The van der Waals surface area contributed by atoms with Crippen molar-refractivity contribution in [2.24, 2.45) is 0 Å². The summed E-state index contributed by atoms with van der Waals surface area (Å²) in [6, 6.07) is 10.3. The van der Waals surface area contributed by atoms with Gasteiger partial charge >= 0.3 is 0 Å². The summed E-state index contributed by atoms with van der Waals surface area (Å²) in [5, 5.41) is 2.96. The Morgan fingerprint density at radius 2 is 1.96 bits per heavy atom. The van der Waals surface area contributed by atoms with E-state index >= 15 is 0 Å². The van der Waals surface area contributed by atoms with Gasteiger partial charge in [-0.15, -0.1) is 11.8 Å². The van der Waals surface area contributed by atoms with E-state index in [1.165, 1.54) is 12.1 Å². The highest BCUT2D eigenvalue weighted by Crippen LogP contribution is 2.36. The van der Waals surface area contributed by atoms with Crippen LogP contribution in [0.15, 0.2) is 41.3 Å². The number of aryl methyl sites for hydroxylation is 2. The van der Waals surface area contributed by atoms with Gasteiger partial charge in [0.25, 0.3) is 0 Å². The molecule has 1 aliphatic rings. The highest BCUT2D eigenvalue weighted by atomic mass is 32.2. The van der Waals surface area contributed by atoms with Crippen LogP contribution in [0.1, 0.15) is 52.4 Å². The van der Waals surface area contributed by atoms with Gasteiger partial charge in [0.05, 0.1) is 6.04 Å². The summed E-state index contributed by atoms with van der Waals surface area (Å²) in [4.78, 5) is 25.8. The van der Waals surface area contributed by atoms with Crippen molar-refractivity contribution in [3.05, 3.63) is 64.5 Å². The number of hydrogen-bond donors (Lipinski definition) is 1. The van der Waals surface area contributed by atoms with Gasteiger partial charge in [-0.25, -0.2) is 4.39 Å². The lowest BCUT2D eigenvalue weighted by Crippen LogP contribution is -2.31. The molecule has 0 radical (unpaired) electrons. The molecule has 0 aromatic heterocycles. The number of fused-ring (bicyclic) bond motifs is 1. The van der Waals surface area contributed by atoms with Crippen LogP contribution in [0.4, 0.5) is 4.39 Å². The van der Waals surface area contributed by atoms with Gasteiger partial charge in [0, 0.05) is 29.1 Å². The van der Waals surface area contributed by atoms with Gasteiger partial charge < -0.3 is 5.32 Å². The van der Waals surface area contributed by atoms with E-state index in [4.69, 9.17) is 0 Å². The fourth-order valence-corrected chi connectivity index (χ4v) is 4.29. The molecule has 136 valence electrons. The third-order valence-corrected chi connectivity index (χ3v) is 5.74. The van der Waals surface area contributed by atoms with E-state index in [0.717, 1.165) is 33.8 Å². The fraction of sp³-hybridized carbons (Fsp3) is 0.333. The topological polar surface area (TPSA) is 46.2 Å². The Balaban J connectivity index is 1.61. The monoisotopic (exact) mass is 371 g/mol. The van der Waals surface area contributed by atoms with Gasteiger partial charge in [-0.2, -0.15) is 0 Å². The van der Waals surface area contributed by atoms with Crippen LogP contribution in [0.25, 0.3) is 0 Å². The van der Waals surface area contributed by atoms with Crippen LogP contribution in [0, 0.1) is 19.7 Å². The Hall–Kier alpha value is -2.14. The van der Waals surface area contributed by atoms with Crippen LogP contribution in [0.3, 0.4) is 0 Å². The first kappa shape index (κ1) is 18.6. The van der Waals surface area contributed by atoms with Crippen LogP contribution >= 0.6 is 11.8 Å². The number of amides is 1. The summed E-state index contributed by atoms with van der Waals surface area (Å²) in [7, 11) is 0. The zero-order chi connectivity index (χ0) is 18.7. The molecule has 1 aliphatic heterocycles. The van der Waals surface area contributed by atoms with Crippen molar-refractivity contribution in [2.75, 3.05) is 5.75 Å². The lowest BCUT2D eigenvalue weighted by atomic mass is 9.99. The van der Waals surface area contributed by atoms with Crippen LogP contribution in [0.5, 0.6) is 0 Å². The molecule has 0 fully saturated rings. The molecule has 2 aromatic carbocycles. The predicted octanol–water partition coefficient (Wildman–Crippen LogP) is 4.76. The molecule has 0 bridgehead atoms. The molecule has 1 N–H and O–H groups in total. The summed E-state index contributed by atoms with van der Waals surface area (Å²) in [5.74, 6) is 0.392. The maximum Gasteiger partial charge on any atom is 0.220 e. The second-order valence-electron chi connectivity index (χ2n) is 6.68. The Kier molecular flexibility index (Phi) is 5.77. The maximum atomic E-state index is 13.6. The van der Waals surface area contributed by atoms with E-state index in [-0.39, 0.29) is 36.4 Å². The second-order valence-corrected chi connectivity index (χ2v) is 7.82. The van der Waals surface area contributed by atoms with Gasteiger partial charge in [-0.3, -0.25) is 9.59 Å². The average Bonchev–Trinajstić information content (AvgIpc) is 2.62. The van der Waals surface area contributed by atoms with Crippen molar-refractivity contribution >= 4 is 23.5 Å². The molecular weight excluding hydrogens is 349 g/mol. The number of carbonyl (C=O) groups excluding carboxylic acids is 2. The average molecular weight is 371 g/mol. The molecule has 1 heterocycles. The van der Waals surface area contributed by atoms with Crippen molar-refractivity contribution in [3.8, 4) is 0 Å². The van der Waals surface area contributed by atoms with E-state index in [0.29, 0.717) is 5.56 Å². The number of ketones is 1. The Morgan fingerprint density at radius 1 is 1.15 bits per heavy atom. The third kappa shape index (κ3) is 4.33. The zero-order valence-corrected chi connectivity index (χ0v) is 15.8. The minimum atomic E-state index is -0.296. The summed E-state index contributed by atoms with van der Waals surface area (Å²) >= 11 is 1.67. The number of rotatable bonds is 5. The molecule has 5 heteroatoms. The van der Waals surface area contributed by atoms with E-state index in [9.17, 15) is 14.0 Å². The normalized spacial score (nSPS) is 16.0. The lowest BCUT2D eigenvalue weighted by molar-refractivity contribution is -0.121. The molecule has 0 saturated heterocycles. The number of carbonyl (C=O) groups is 2. The fourth-order valence-electron chi connectivity index (χ4n) is 3.18. The number of Topliss-reactive ketones (excluding diaryl/α,β-unsaturated/α-hetero) is 1. The van der Waals surface area contributed by atoms with Crippen molar-refractivity contribution in [1.82, 2.24) is 5.32 Å². The molecule has 0 saturated carbocycles. The molecule has 1 amide bonds. The molecular formula is C21H22FNO2S. The standard InChI is InChI=1S/C21H22FNO2S/c1-13-3-4-14(2)16(11-13)19(24)6-8-21(25)23-18-9-10-26-20-7-5-15(22)12-17(18)20/h3-5,7,11-12,18H,6,8-10H2,1-2H3,(H,23,25).